The molecule has 0 aliphatic heterocycles. The maximum absolute atomic E-state index is 13.7. The van der Waals surface area contributed by atoms with Crippen LogP contribution in [0.4, 0.5) is 9.52 Å². The Morgan fingerprint density at radius 2 is 2.17 bits per heavy atom. The van der Waals surface area contributed by atoms with Crippen LogP contribution in [0.3, 0.4) is 0 Å². The number of thiazole rings is 1. The molecule has 0 saturated heterocycles. The second-order valence-corrected chi connectivity index (χ2v) is 7.29. The molecule has 4 nitrogen and oxygen atoms in total. The summed E-state index contributed by atoms with van der Waals surface area (Å²) in [6, 6.07) is 8.54. The van der Waals surface area contributed by atoms with Gasteiger partial charge in [-0.25, -0.2) is 9.37 Å². The molecule has 1 N–H and O–H groups in total. The Morgan fingerprint density at radius 1 is 1.33 bits per heavy atom. The van der Waals surface area contributed by atoms with Crippen molar-refractivity contribution in [2.24, 2.45) is 0 Å². The number of nitrogens with one attached hydrogen (secondary N) is 1. The predicted molar refractivity (Wildman–Crippen MR) is 95.4 cm³/mol. The summed E-state index contributed by atoms with van der Waals surface area (Å²) < 4.78 is 18.5. The molecule has 7 heteroatoms. The maximum atomic E-state index is 13.7. The highest BCUT2D eigenvalue weighted by molar-refractivity contribution is 7.17. The smallest absolute Gasteiger partial charge is 0.230 e. The van der Waals surface area contributed by atoms with Crippen LogP contribution in [-0.2, 0) is 11.2 Å². The molecular formula is C17H15FN2O2S2. The molecule has 24 heavy (non-hydrogen) atoms. The molecule has 3 aromatic rings. The zero-order valence-electron chi connectivity index (χ0n) is 13.1. The summed E-state index contributed by atoms with van der Waals surface area (Å²) >= 11 is 3.03. The number of ether oxygens (including phenoxy) is 1. The number of nitrogens with zero attached hydrogens (tertiary/aromatic N) is 1. The molecule has 0 radical (unpaired) electrons. The van der Waals surface area contributed by atoms with Crippen molar-refractivity contribution in [1.82, 2.24) is 4.98 Å². The number of anilines is 1. The summed E-state index contributed by atoms with van der Waals surface area (Å²) in [6.45, 7) is 2.04. The van der Waals surface area contributed by atoms with E-state index >= 15 is 0 Å². The van der Waals surface area contributed by atoms with Gasteiger partial charge in [-0.05, 0) is 36.8 Å². The molecule has 0 saturated carbocycles. The third-order valence-electron chi connectivity index (χ3n) is 3.32. The standard InChI is InChI=1S/C17H15FN2O2S2/c1-10-3-6-15(24-10)13-9-23-17(19-13)20-16(21)8-11-4-5-14(22-2)12(18)7-11/h3-7,9H,8H2,1-2H3,(H,19,20,21). The normalized spacial score (nSPS) is 10.6. The average molecular weight is 362 g/mol. The predicted octanol–water partition coefficient (Wildman–Crippen LogP) is 4.51. The van der Waals surface area contributed by atoms with Crippen LogP contribution in [0.5, 0.6) is 5.75 Å². The van der Waals surface area contributed by atoms with Crippen LogP contribution in [0.15, 0.2) is 35.7 Å². The van der Waals surface area contributed by atoms with Crippen LogP contribution in [0.1, 0.15) is 10.4 Å². The van der Waals surface area contributed by atoms with E-state index in [1.807, 2.05) is 24.4 Å². The summed E-state index contributed by atoms with van der Waals surface area (Å²) in [7, 11) is 1.40. The van der Waals surface area contributed by atoms with E-state index in [1.54, 1.807) is 17.4 Å². The van der Waals surface area contributed by atoms with Gasteiger partial charge in [-0.3, -0.25) is 4.79 Å². The minimum atomic E-state index is -0.479. The molecule has 0 aliphatic carbocycles. The third-order valence-corrected chi connectivity index (χ3v) is 5.11. The zero-order chi connectivity index (χ0) is 17.1. The van der Waals surface area contributed by atoms with Crippen LogP contribution in [0.2, 0.25) is 0 Å². The van der Waals surface area contributed by atoms with Crippen LogP contribution in [0.25, 0.3) is 10.6 Å². The number of benzene rings is 1. The van der Waals surface area contributed by atoms with Crippen molar-refractivity contribution in [2.75, 3.05) is 12.4 Å². The molecule has 0 unspecified atom stereocenters. The van der Waals surface area contributed by atoms with Gasteiger partial charge in [-0.2, -0.15) is 0 Å². The highest BCUT2D eigenvalue weighted by atomic mass is 32.1. The number of aromatic nitrogens is 1. The van der Waals surface area contributed by atoms with E-state index in [2.05, 4.69) is 10.3 Å². The number of methoxy groups -OCH3 is 1. The quantitative estimate of drug-likeness (QED) is 0.726. The number of aryl methyl sites for hydroxylation is 1. The number of carbonyl (C=O) groups excluding carboxylic acids is 1. The van der Waals surface area contributed by atoms with Crippen LogP contribution in [0, 0.1) is 12.7 Å². The lowest BCUT2D eigenvalue weighted by Gasteiger charge is -2.05. The molecule has 0 spiro atoms. The molecule has 0 fully saturated rings. The number of halogens is 1. The number of hydrogen-bond donors (Lipinski definition) is 1. The van der Waals surface area contributed by atoms with Gasteiger partial charge in [-0.1, -0.05) is 6.07 Å². The first kappa shape index (κ1) is 16.6. The maximum Gasteiger partial charge on any atom is 0.230 e. The van der Waals surface area contributed by atoms with Gasteiger partial charge in [0.2, 0.25) is 5.91 Å². The first-order valence-electron chi connectivity index (χ1n) is 7.20. The number of carbonyl (C=O) groups is 1. The van der Waals surface area contributed by atoms with E-state index in [4.69, 9.17) is 4.74 Å². The Kier molecular flexibility index (Phi) is 4.92. The monoisotopic (exact) mass is 362 g/mol. The largest absolute Gasteiger partial charge is 0.494 e. The van der Waals surface area contributed by atoms with Crippen molar-refractivity contribution in [3.63, 3.8) is 0 Å². The SMILES string of the molecule is COc1ccc(CC(=O)Nc2nc(-c3ccc(C)s3)cs2)cc1F. The fourth-order valence-electron chi connectivity index (χ4n) is 2.19. The number of amides is 1. The number of thiophene rings is 1. The van der Waals surface area contributed by atoms with Crippen LogP contribution in [-0.4, -0.2) is 18.0 Å². The van der Waals surface area contributed by atoms with E-state index in [0.29, 0.717) is 10.7 Å². The Balaban J connectivity index is 1.65. The summed E-state index contributed by atoms with van der Waals surface area (Å²) in [4.78, 5) is 18.8. The van der Waals surface area contributed by atoms with Gasteiger partial charge in [0.25, 0.3) is 0 Å². The van der Waals surface area contributed by atoms with Crippen molar-refractivity contribution in [3.05, 3.63) is 52.0 Å². The van der Waals surface area contributed by atoms with Crippen LogP contribution < -0.4 is 10.1 Å². The molecule has 0 aliphatic rings. The molecule has 124 valence electrons. The van der Waals surface area contributed by atoms with E-state index in [-0.39, 0.29) is 18.1 Å². The second-order valence-electron chi connectivity index (χ2n) is 5.14. The molecule has 0 bridgehead atoms. The van der Waals surface area contributed by atoms with Gasteiger partial charge in [-0.15, -0.1) is 22.7 Å². The Bertz CT molecular complexity index is 873. The first-order valence-corrected chi connectivity index (χ1v) is 8.89. The Labute approximate surface area is 146 Å². The zero-order valence-corrected chi connectivity index (χ0v) is 14.8. The van der Waals surface area contributed by atoms with E-state index < -0.39 is 5.82 Å². The van der Waals surface area contributed by atoms with Crippen molar-refractivity contribution in [1.29, 1.82) is 0 Å². The highest BCUT2D eigenvalue weighted by Gasteiger charge is 2.11. The summed E-state index contributed by atoms with van der Waals surface area (Å²) in [5, 5.41) is 5.20. The van der Waals surface area contributed by atoms with E-state index in [1.165, 1.54) is 35.5 Å². The Morgan fingerprint density at radius 3 is 2.83 bits per heavy atom. The lowest BCUT2D eigenvalue weighted by molar-refractivity contribution is -0.115. The Hall–Kier alpha value is -2.25. The molecule has 2 heterocycles. The van der Waals surface area contributed by atoms with E-state index in [0.717, 1.165) is 10.6 Å². The fraction of sp³-hybridized carbons (Fsp3) is 0.176. The van der Waals surface area contributed by atoms with Gasteiger partial charge < -0.3 is 10.1 Å². The lowest BCUT2D eigenvalue weighted by Crippen LogP contribution is -2.14. The van der Waals surface area contributed by atoms with Crippen molar-refractivity contribution in [2.45, 2.75) is 13.3 Å². The molecule has 2 aromatic heterocycles. The molecular weight excluding hydrogens is 347 g/mol. The average Bonchev–Trinajstić information content (AvgIpc) is 3.16. The molecule has 0 atom stereocenters. The number of hydrogen-bond acceptors (Lipinski definition) is 5. The van der Waals surface area contributed by atoms with Gasteiger partial charge in [0.15, 0.2) is 16.7 Å². The number of rotatable bonds is 5. The molecule has 1 aromatic carbocycles. The fourth-order valence-corrected chi connectivity index (χ4v) is 3.81. The van der Waals surface area contributed by atoms with Gasteiger partial charge in [0.05, 0.1) is 24.1 Å². The summed E-state index contributed by atoms with van der Waals surface area (Å²) in [5.41, 5.74) is 1.43. The van der Waals surface area contributed by atoms with Crippen molar-refractivity contribution < 1.29 is 13.9 Å². The molecule has 1 amide bonds. The minimum absolute atomic E-state index is 0.0773. The van der Waals surface area contributed by atoms with Gasteiger partial charge >= 0.3 is 0 Å². The first-order chi connectivity index (χ1) is 11.5. The lowest BCUT2D eigenvalue weighted by atomic mass is 10.1. The highest BCUT2D eigenvalue weighted by Crippen LogP contribution is 2.30. The topological polar surface area (TPSA) is 51.2 Å². The summed E-state index contributed by atoms with van der Waals surface area (Å²) in [6.07, 6.45) is 0.0773. The minimum Gasteiger partial charge on any atom is -0.494 e. The third kappa shape index (κ3) is 3.80. The van der Waals surface area contributed by atoms with Crippen molar-refractivity contribution in [3.8, 4) is 16.3 Å². The van der Waals surface area contributed by atoms with E-state index in [9.17, 15) is 9.18 Å². The van der Waals surface area contributed by atoms with Crippen LogP contribution >= 0.6 is 22.7 Å². The van der Waals surface area contributed by atoms with Crippen molar-refractivity contribution >= 4 is 33.7 Å². The van der Waals surface area contributed by atoms with Gasteiger partial charge in [0.1, 0.15) is 0 Å². The molecule has 3 rings (SSSR count). The summed E-state index contributed by atoms with van der Waals surface area (Å²) in [5.74, 6) is -0.551. The second kappa shape index (κ2) is 7.11. The van der Waals surface area contributed by atoms with Gasteiger partial charge in [0, 0.05) is 10.3 Å².